The molecule has 2 aromatic carbocycles. The Hall–Kier alpha value is -2.59. The van der Waals surface area contributed by atoms with Crippen LogP contribution in [-0.4, -0.2) is 17.1 Å². The number of carbonyl (C=O) groups is 1. The van der Waals surface area contributed by atoms with Gasteiger partial charge in [0.2, 0.25) is 11.1 Å². The van der Waals surface area contributed by atoms with Crippen LogP contribution >= 0.6 is 11.6 Å². The molecule has 140 valence electrons. The molecular formula is C22H23ClN2O2. The summed E-state index contributed by atoms with van der Waals surface area (Å²) in [6, 6.07) is 20.4. The van der Waals surface area contributed by atoms with Crippen LogP contribution in [0.5, 0.6) is 0 Å². The SMILES string of the molecule is Cc1noc(Cl)c1CCC(=O)N[C@@H](C)C(c1ccccc1)c1ccccc1. The van der Waals surface area contributed by atoms with Crippen LogP contribution in [0.15, 0.2) is 65.2 Å². The van der Waals surface area contributed by atoms with E-state index in [0.717, 1.165) is 11.3 Å². The molecule has 3 aromatic rings. The summed E-state index contributed by atoms with van der Waals surface area (Å²) in [5.41, 5.74) is 3.87. The smallest absolute Gasteiger partial charge is 0.229 e. The third-order valence-electron chi connectivity index (χ3n) is 4.74. The monoisotopic (exact) mass is 382 g/mol. The van der Waals surface area contributed by atoms with Crippen LogP contribution in [0.4, 0.5) is 0 Å². The highest BCUT2D eigenvalue weighted by Gasteiger charge is 2.23. The molecule has 1 amide bonds. The maximum atomic E-state index is 12.5. The molecule has 1 aromatic heterocycles. The third-order valence-corrected chi connectivity index (χ3v) is 5.04. The van der Waals surface area contributed by atoms with E-state index in [1.807, 2.05) is 50.2 Å². The van der Waals surface area contributed by atoms with Crippen molar-refractivity contribution in [2.45, 2.75) is 38.6 Å². The van der Waals surface area contributed by atoms with Crippen molar-refractivity contribution in [1.29, 1.82) is 0 Å². The van der Waals surface area contributed by atoms with Crippen molar-refractivity contribution in [3.63, 3.8) is 0 Å². The Labute approximate surface area is 164 Å². The highest BCUT2D eigenvalue weighted by Crippen LogP contribution is 2.28. The van der Waals surface area contributed by atoms with Gasteiger partial charge in [-0.25, -0.2) is 0 Å². The minimum absolute atomic E-state index is 0.0176. The number of aromatic nitrogens is 1. The van der Waals surface area contributed by atoms with Crippen LogP contribution in [0.3, 0.4) is 0 Å². The van der Waals surface area contributed by atoms with E-state index in [9.17, 15) is 4.79 Å². The first-order valence-corrected chi connectivity index (χ1v) is 9.44. The lowest BCUT2D eigenvalue weighted by Crippen LogP contribution is -2.37. The number of amides is 1. The van der Waals surface area contributed by atoms with Crippen LogP contribution in [0.1, 0.15) is 41.6 Å². The fourth-order valence-electron chi connectivity index (χ4n) is 3.38. The Kier molecular flexibility index (Phi) is 6.30. The van der Waals surface area contributed by atoms with E-state index < -0.39 is 0 Å². The van der Waals surface area contributed by atoms with Gasteiger partial charge in [-0.2, -0.15) is 0 Å². The molecule has 0 saturated heterocycles. The Bertz CT molecular complexity index is 819. The van der Waals surface area contributed by atoms with Crippen LogP contribution < -0.4 is 5.32 Å². The second-order valence-electron chi connectivity index (χ2n) is 6.68. The van der Waals surface area contributed by atoms with E-state index in [4.69, 9.17) is 16.1 Å². The number of benzene rings is 2. The van der Waals surface area contributed by atoms with E-state index in [1.54, 1.807) is 0 Å². The van der Waals surface area contributed by atoms with Gasteiger partial charge in [0.05, 0.1) is 5.69 Å². The van der Waals surface area contributed by atoms with E-state index in [-0.39, 0.29) is 23.1 Å². The molecule has 1 heterocycles. The maximum absolute atomic E-state index is 12.5. The molecule has 0 aliphatic rings. The van der Waals surface area contributed by atoms with Gasteiger partial charge in [-0.1, -0.05) is 65.8 Å². The number of nitrogens with zero attached hydrogens (tertiary/aromatic N) is 1. The fraction of sp³-hybridized carbons (Fsp3) is 0.273. The van der Waals surface area contributed by atoms with Crippen LogP contribution in [0.25, 0.3) is 0 Å². The van der Waals surface area contributed by atoms with Crippen molar-refractivity contribution in [3.05, 3.63) is 88.3 Å². The first kappa shape index (κ1) is 19.2. The molecule has 1 atom stereocenters. The van der Waals surface area contributed by atoms with E-state index in [0.29, 0.717) is 12.8 Å². The van der Waals surface area contributed by atoms with Crippen molar-refractivity contribution in [2.24, 2.45) is 0 Å². The molecule has 4 nitrogen and oxygen atoms in total. The minimum atomic E-state index is -0.0543. The number of carbonyl (C=O) groups excluding carboxylic acids is 1. The molecule has 27 heavy (non-hydrogen) atoms. The topological polar surface area (TPSA) is 55.1 Å². The van der Waals surface area contributed by atoms with Crippen LogP contribution in [-0.2, 0) is 11.2 Å². The van der Waals surface area contributed by atoms with E-state index in [1.165, 1.54) is 11.1 Å². The standard InChI is InChI=1S/C22H23ClN2O2/c1-15-19(22(23)27-25-15)13-14-20(26)24-16(2)21(17-9-5-3-6-10-17)18-11-7-4-8-12-18/h3-12,16,21H,13-14H2,1-2H3,(H,24,26)/t16-/m0/s1. The third kappa shape index (κ3) is 4.77. The lowest BCUT2D eigenvalue weighted by Gasteiger charge is -2.26. The zero-order valence-electron chi connectivity index (χ0n) is 15.5. The Morgan fingerprint density at radius 2 is 1.63 bits per heavy atom. The number of nitrogens with one attached hydrogen (secondary N) is 1. The number of halogens is 1. The average molecular weight is 383 g/mol. The van der Waals surface area contributed by atoms with Gasteiger partial charge in [0, 0.05) is 23.9 Å². The number of aryl methyl sites for hydroxylation is 1. The van der Waals surface area contributed by atoms with Gasteiger partial charge in [0.1, 0.15) is 0 Å². The van der Waals surface area contributed by atoms with Crippen molar-refractivity contribution < 1.29 is 9.32 Å². The van der Waals surface area contributed by atoms with Crippen molar-refractivity contribution in [1.82, 2.24) is 10.5 Å². The predicted molar refractivity (Wildman–Crippen MR) is 107 cm³/mol. The molecule has 1 N–H and O–H groups in total. The number of hydrogen-bond acceptors (Lipinski definition) is 3. The highest BCUT2D eigenvalue weighted by atomic mass is 35.5. The second-order valence-corrected chi connectivity index (χ2v) is 7.02. The molecule has 0 unspecified atom stereocenters. The highest BCUT2D eigenvalue weighted by molar-refractivity contribution is 6.29. The first-order chi connectivity index (χ1) is 13.1. The summed E-state index contributed by atoms with van der Waals surface area (Å²) in [6.45, 7) is 3.87. The molecule has 0 spiro atoms. The van der Waals surface area contributed by atoms with Crippen molar-refractivity contribution >= 4 is 17.5 Å². The van der Waals surface area contributed by atoms with Gasteiger partial charge in [-0.3, -0.25) is 4.79 Å². The van der Waals surface area contributed by atoms with Crippen LogP contribution in [0, 0.1) is 6.92 Å². The van der Waals surface area contributed by atoms with Crippen molar-refractivity contribution in [2.75, 3.05) is 0 Å². The molecule has 0 saturated carbocycles. The summed E-state index contributed by atoms with van der Waals surface area (Å²) in [5, 5.41) is 7.23. The quantitative estimate of drug-likeness (QED) is 0.631. The molecule has 0 radical (unpaired) electrons. The van der Waals surface area contributed by atoms with Gasteiger partial charge < -0.3 is 9.84 Å². The summed E-state index contributed by atoms with van der Waals surface area (Å²) in [5.74, 6) is 0.0632. The fourth-order valence-corrected chi connectivity index (χ4v) is 3.64. The molecule has 3 rings (SSSR count). The minimum Gasteiger partial charge on any atom is -0.353 e. The Morgan fingerprint density at radius 3 is 2.11 bits per heavy atom. The zero-order valence-corrected chi connectivity index (χ0v) is 16.2. The Balaban J connectivity index is 1.71. The first-order valence-electron chi connectivity index (χ1n) is 9.06. The summed E-state index contributed by atoms with van der Waals surface area (Å²) >= 11 is 5.98. The largest absolute Gasteiger partial charge is 0.353 e. The normalized spacial score (nSPS) is 12.1. The van der Waals surface area contributed by atoms with E-state index in [2.05, 4.69) is 34.7 Å². The second kappa shape index (κ2) is 8.87. The van der Waals surface area contributed by atoms with Gasteiger partial charge in [-0.05, 0) is 43.0 Å². The lowest BCUT2D eigenvalue weighted by atomic mass is 9.85. The molecule has 0 bridgehead atoms. The van der Waals surface area contributed by atoms with Crippen LogP contribution in [0.2, 0.25) is 5.22 Å². The van der Waals surface area contributed by atoms with E-state index >= 15 is 0 Å². The average Bonchev–Trinajstić information content (AvgIpc) is 3.00. The van der Waals surface area contributed by atoms with Gasteiger partial charge in [0.15, 0.2) is 0 Å². The number of hydrogen-bond donors (Lipinski definition) is 1. The van der Waals surface area contributed by atoms with Gasteiger partial charge >= 0.3 is 0 Å². The lowest BCUT2D eigenvalue weighted by molar-refractivity contribution is -0.121. The molecule has 5 heteroatoms. The summed E-state index contributed by atoms with van der Waals surface area (Å²) in [4.78, 5) is 12.5. The number of rotatable bonds is 7. The zero-order chi connectivity index (χ0) is 19.2. The summed E-state index contributed by atoms with van der Waals surface area (Å²) in [7, 11) is 0. The summed E-state index contributed by atoms with van der Waals surface area (Å²) < 4.78 is 4.95. The molecular weight excluding hydrogens is 360 g/mol. The molecule has 0 aliphatic heterocycles. The summed E-state index contributed by atoms with van der Waals surface area (Å²) in [6.07, 6.45) is 0.844. The predicted octanol–water partition coefficient (Wildman–Crippen LogP) is 4.91. The van der Waals surface area contributed by atoms with Gasteiger partial charge in [0.25, 0.3) is 0 Å². The molecule has 0 aliphatic carbocycles. The van der Waals surface area contributed by atoms with Gasteiger partial charge in [-0.15, -0.1) is 0 Å². The van der Waals surface area contributed by atoms with Crippen molar-refractivity contribution in [3.8, 4) is 0 Å². The maximum Gasteiger partial charge on any atom is 0.229 e. The molecule has 0 fully saturated rings. The Morgan fingerprint density at radius 1 is 1.07 bits per heavy atom.